The average Bonchev–Trinajstić information content (AvgIpc) is 2.45. The standard InChI is InChI=1S/C11H8F5N3O3/c12-6-4(11(16,22)9(15)8(14)7(6)13)1-2-19-10(21)18-5(20)3-17-19/h3-4,22H,1-2H2,(H,18,20,21). The second kappa shape index (κ2) is 5.48. The molecule has 0 spiro atoms. The minimum Gasteiger partial charge on any atom is -0.356 e. The molecule has 0 amide bonds. The molecule has 0 aromatic carbocycles. The summed E-state index contributed by atoms with van der Waals surface area (Å²) < 4.78 is 67.0. The van der Waals surface area contributed by atoms with E-state index in [9.17, 15) is 36.6 Å². The van der Waals surface area contributed by atoms with E-state index in [0.29, 0.717) is 10.9 Å². The minimum atomic E-state index is -4.10. The number of allylic oxidation sites excluding steroid dienone is 2. The molecule has 0 aliphatic heterocycles. The molecule has 120 valence electrons. The molecule has 22 heavy (non-hydrogen) atoms. The van der Waals surface area contributed by atoms with Crippen LogP contribution in [0.15, 0.2) is 39.1 Å². The molecular weight excluding hydrogens is 317 g/mol. The smallest absolute Gasteiger partial charge is 0.344 e. The first-order valence-electron chi connectivity index (χ1n) is 5.85. The largest absolute Gasteiger partial charge is 0.356 e. The zero-order chi connectivity index (χ0) is 16.7. The molecule has 1 aliphatic rings. The number of aromatic nitrogens is 3. The maximum Gasteiger partial charge on any atom is 0.344 e. The third-order valence-electron chi connectivity index (χ3n) is 3.08. The zero-order valence-corrected chi connectivity index (χ0v) is 10.6. The summed E-state index contributed by atoms with van der Waals surface area (Å²) in [7, 11) is 0. The predicted octanol–water partition coefficient (Wildman–Crippen LogP) is 0.911. The van der Waals surface area contributed by atoms with E-state index in [0.717, 1.165) is 0 Å². The lowest BCUT2D eigenvalue weighted by molar-refractivity contribution is -0.120. The number of hydrogen-bond acceptors (Lipinski definition) is 4. The molecule has 2 unspecified atom stereocenters. The van der Waals surface area contributed by atoms with Crippen molar-refractivity contribution in [1.29, 1.82) is 0 Å². The van der Waals surface area contributed by atoms with Crippen molar-refractivity contribution >= 4 is 0 Å². The van der Waals surface area contributed by atoms with Gasteiger partial charge in [-0.05, 0) is 6.42 Å². The Morgan fingerprint density at radius 2 is 1.91 bits per heavy atom. The van der Waals surface area contributed by atoms with Crippen molar-refractivity contribution in [2.24, 2.45) is 5.92 Å². The van der Waals surface area contributed by atoms with Gasteiger partial charge in [0, 0.05) is 6.54 Å². The molecule has 11 heteroatoms. The van der Waals surface area contributed by atoms with E-state index in [2.05, 4.69) is 5.10 Å². The van der Waals surface area contributed by atoms with Gasteiger partial charge < -0.3 is 5.11 Å². The fourth-order valence-electron chi connectivity index (χ4n) is 1.93. The fourth-order valence-corrected chi connectivity index (χ4v) is 1.93. The van der Waals surface area contributed by atoms with Crippen LogP contribution >= 0.6 is 0 Å². The molecule has 1 aliphatic carbocycles. The molecule has 1 heterocycles. The van der Waals surface area contributed by atoms with E-state index in [1.807, 2.05) is 0 Å². The highest BCUT2D eigenvalue weighted by Crippen LogP contribution is 2.46. The Morgan fingerprint density at radius 1 is 1.27 bits per heavy atom. The third-order valence-corrected chi connectivity index (χ3v) is 3.08. The van der Waals surface area contributed by atoms with Gasteiger partial charge in [-0.15, -0.1) is 0 Å². The van der Waals surface area contributed by atoms with Crippen LogP contribution in [0.1, 0.15) is 6.42 Å². The van der Waals surface area contributed by atoms with Crippen LogP contribution in [0.3, 0.4) is 0 Å². The SMILES string of the molecule is O=c1cnn(CCC2C(F)=C(F)C(F)=C(F)C2(O)F)c(=O)[nH]1. The van der Waals surface area contributed by atoms with Gasteiger partial charge in [0.2, 0.25) is 5.83 Å². The molecule has 2 N–H and O–H groups in total. The highest BCUT2D eigenvalue weighted by atomic mass is 19.2. The second-order valence-corrected chi connectivity index (χ2v) is 4.47. The molecule has 0 saturated heterocycles. The molecular formula is C11H8F5N3O3. The Hall–Kier alpha value is -2.30. The number of halogens is 5. The second-order valence-electron chi connectivity index (χ2n) is 4.47. The number of nitrogens with zero attached hydrogens (tertiary/aromatic N) is 2. The van der Waals surface area contributed by atoms with E-state index in [1.54, 1.807) is 4.98 Å². The van der Waals surface area contributed by atoms with Gasteiger partial charge >= 0.3 is 5.69 Å². The summed E-state index contributed by atoms with van der Waals surface area (Å²) in [6, 6.07) is 0. The summed E-state index contributed by atoms with van der Waals surface area (Å²) in [6.07, 6.45) is -0.136. The monoisotopic (exact) mass is 325 g/mol. The van der Waals surface area contributed by atoms with Gasteiger partial charge in [0.15, 0.2) is 11.7 Å². The molecule has 0 bridgehead atoms. The van der Waals surface area contributed by atoms with Crippen molar-refractivity contribution in [2.75, 3.05) is 0 Å². The van der Waals surface area contributed by atoms with Crippen molar-refractivity contribution in [3.63, 3.8) is 0 Å². The molecule has 6 nitrogen and oxygen atoms in total. The number of nitrogens with one attached hydrogen (secondary N) is 1. The quantitative estimate of drug-likeness (QED) is 0.809. The van der Waals surface area contributed by atoms with E-state index in [-0.39, 0.29) is 0 Å². The van der Waals surface area contributed by atoms with Gasteiger partial charge in [-0.25, -0.2) is 31.4 Å². The van der Waals surface area contributed by atoms with Crippen LogP contribution in [-0.2, 0) is 6.54 Å². The lowest BCUT2D eigenvalue weighted by Gasteiger charge is -2.29. The Morgan fingerprint density at radius 3 is 2.50 bits per heavy atom. The topological polar surface area (TPSA) is 88.0 Å². The van der Waals surface area contributed by atoms with Crippen molar-refractivity contribution in [3.05, 3.63) is 50.3 Å². The first-order valence-corrected chi connectivity index (χ1v) is 5.85. The molecule has 0 saturated carbocycles. The van der Waals surface area contributed by atoms with Crippen LogP contribution in [0.4, 0.5) is 22.0 Å². The highest BCUT2D eigenvalue weighted by Gasteiger charge is 2.51. The van der Waals surface area contributed by atoms with Crippen molar-refractivity contribution in [3.8, 4) is 0 Å². The van der Waals surface area contributed by atoms with Gasteiger partial charge in [-0.1, -0.05) is 0 Å². The maximum absolute atomic E-state index is 13.7. The van der Waals surface area contributed by atoms with Crippen LogP contribution in [0.25, 0.3) is 0 Å². The third kappa shape index (κ3) is 2.58. The summed E-state index contributed by atoms with van der Waals surface area (Å²) in [5.74, 6) is -15.7. The Kier molecular flexibility index (Phi) is 4.00. The van der Waals surface area contributed by atoms with Crippen molar-refractivity contribution in [2.45, 2.75) is 18.8 Å². The number of aliphatic hydroxyl groups is 1. The van der Waals surface area contributed by atoms with Gasteiger partial charge in [0.1, 0.15) is 12.0 Å². The highest BCUT2D eigenvalue weighted by molar-refractivity contribution is 5.35. The average molecular weight is 325 g/mol. The minimum absolute atomic E-state index is 0.551. The number of aryl methyl sites for hydroxylation is 1. The van der Waals surface area contributed by atoms with E-state index >= 15 is 0 Å². The molecule has 1 aromatic heterocycles. The molecule has 1 aromatic rings. The maximum atomic E-state index is 13.7. The fraction of sp³-hybridized carbons (Fsp3) is 0.364. The summed E-state index contributed by atoms with van der Waals surface area (Å²) in [4.78, 5) is 23.9. The van der Waals surface area contributed by atoms with Crippen LogP contribution in [0, 0.1) is 5.92 Å². The predicted molar refractivity (Wildman–Crippen MR) is 61.8 cm³/mol. The van der Waals surface area contributed by atoms with E-state index in [4.69, 9.17) is 0 Å². The van der Waals surface area contributed by atoms with Crippen LogP contribution < -0.4 is 11.2 Å². The summed E-state index contributed by atoms with van der Waals surface area (Å²) >= 11 is 0. The van der Waals surface area contributed by atoms with E-state index < -0.39 is 59.3 Å². The van der Waals surface area contributed by atoms with Crippen molar-refractivity contribution < 1.29 is 27.1 Å². The van der Waals surface area contributed by atoms with Gasteiger partial charge in [-0.2, -0.15) is 5.10 Å². The number of aromatic amines is 1. The Labute approximate surface area is 118 Å². The lowest BCUT2D eigenvalue weighted by atomic mass is 9.89. The van der Waals surface area contributed by atoms with Crippen molar-refractivity contribution in [1.82, 2.24) is 14.8 Å². The summed E-state index contributed by atoms with van der Waals surface area (Å²) in [5.41, 5.74) is -1.85. The van der Waals surface area contributed by atoms with Crippen LogP contribution in [-0.4, -0.2) is 25.7 Å². The molecule has 0 fully saturated rings. The number of hydrogen-bond donors (Lipinski definition) is 2. The normalized spacial score (nSPS) is 25.8. The van der Waals surface area contributed by atoms with Gasteiger partial charge in [0.25, 0.3) is 11.4 Å². The van der Waals surface area contributed by atoms with Crippen LogP contribution in [0.5, 0.6) is 0 Å². The first-order chi connectivity index (χ1) is 10.2. The zero-order valence-electron chi connectivity index (χ0n) is 10.6. The first kappa shape index (κ1) is 16.1. The molecule has 2 atom stereocenters. The Balaban J connectivity index is 2.29. The summed E-state index contributed by atoms with van der Waals surface area (Å²) in [5, 5.41) is 12.5. The molecule has 2 rings (SSSR count). The van der Waals surface area contributed by atoms with E-state index in [1.165, 1.54) is 0 Å². The summed E-state index contributed by atoms with van der Waals surface area (Å²) in [6.45, 7) is -0.595. The lowest BCUT2D eigenvalue weighted by Crippen LogP contribution is -2.39. The van der Waals surface area contributed by atoms with Gasteiger partial charge in [-0.3, -0.25) is 9.78 Å². The number of rotatable bonds is 3. The number of alkyl halides is 1. The Bertz CT molecular complexity index is 780. The molecule has 0 radical (unpaired) electrons. The number of H-pyrrole nitrogens is 1. The van der Waals surface area contributed by atoms with Gasteiger partial charge in [0.05, 0.1) is 5.92 Å². The van der Waals surface area contributed by atoms with Crippen LogP contribution in [0.2, 0.25) is 0 Å².